The van der Waals surface area contributed by atoms with Gasteiger partial charge in [-0.2, -0.15) is 0 Å². The summed E-state index contributed by atoms with van der Waals surface area (Å²) in [7, 11) is 0. The molecule has 6 aromatic rings. The Morgan fingerprint density at radius 3 is 1.18 bits per heavy atom. The lowest BCUT2D eigenvalue weighted by atomic mass is 9.79. The number of ketones is 1. The van der Waals surface area contributed by atoms with E-state index >= 15 is 0 Å². The number of esters is 2. The first-order chi connectivity index (χ1) is 29.7. The average molecular weight is 823 g/mol. The normalized spacial score (nSPS) is 15.5. The molecule has 0 saturated heterocycles. The van der Waals surface area contributed by atoms with Gasteiger partial charge in [0.25, 0.3) is 0 Å². The molecule has 0 bridgehead atoms. The highest BCUT2D eigenvalue weighted by Gasteiger charge is 2.49. The average Bonchev–Trinajstić information content (AvgIpc) is 3.70. The fraction of sp³-hybridized carbons (Fsp3) is 0.255. The van der Waals surface area contributed by atoms with Crippen LogP contribution in [0, 0.1) is 0 Å². The lowest BCUT2D eigenvalue weighted by Crippen LogP contribution is -2.53. The van der Waals surface area contributed by atoms with Crippen molar-refractivity contribution < 1.29 is 23.9 Å². The standard InChI is InChI=1S/C55H54N2O5/c1-52(2,3)61-50(59)48(56-54(37-22-9-7-10-23-37)44-31-17-13-27-40(44)41-28-14-18-32-45(41)54)35-21-26-39(58)36-49(51(60)62-53(4,5)6)57-55(38-24-11-8-12-25-38)46-33-19-15-29-42(46)43-30-16-20-34-47(43)55/h7-34,48-49,56-57H,35-36H2,1-6H3/b26-21+/t48-,49-/m0/s1. The summed E-state index contributed by atoms with van der Waals surface area (Å²) in [6, 6.07) is 51.2. The van der Waals surface area contributed by atoms with Crippen LogP contribution in [0.5, 0.6) is 0 Å². The van der Waals surface area contributed by atoms with Crippen LogP contribution in [0.3, 0.4) is 0 Å². The molecule has 0 amide bonds. The van der Waals surface area contributed by atoms with Crippen molar-refractivity contribution in [1.29, 1.82) is 0 Å². The van der Waals surface area contributed by atoms with Gasteiger partial charge in [0.05, 0.1) is 11.1 Å². The van der Waals surface area contributed by atoms with Crippen LogP contribution < -0.4 is 10.6 Å². The predicted molar refractivity (Wildman–Crippen MR) is 245 cm³/mol. The Balaban J connectivity index is 1.14. The maximum absolute atomic E-state index is 14.3. The van der Waals surface area contributed by atoms with Crippen molar-refractivity contribution in [1.82, 2.24) is 10.6 Å². The van der Waals surface area contributed by atoms with Crippen LogP contribution in [-0.4, -0.2) is 41.0 Å². The largest absolute Gasteiger partial charge is 0.459 e. The number of carbonyl (C=O) groups is 3. The lowest BCUT2D eigenvalue weighted by molar-refractivity contribution is -0.159. The van der Waals surface area contributed by atoms with Gasteiger partial charge in [-0.25, -0.2) is 0 Å². The van der Waals surface area contributed by atoms with E-state index in [0.717, 1.165) is 55.6 Å². The van der Waals surface area contributed by atoms with Gasteiger partial charge in [0.2, 0.25) is 0 Å². The quantitative estimate of drug-likeness (QED) is 0.0885. The van der Waals surface area contributed by atoms with Crippen molar-refractivity contribution >= 4 is 17.7 Å². The Kier molecular flexibility index (Phi) is 11.5. The minimum atomic E-state index is -1.04. The van der Waals surface area contributed by atoms with E-state index in [1.165, 1.54) is 6.08 Å². The molecule has 0 fully saturated rings. The summed E-state index contributed by atoms with van der Waals surface area (Å²) in [4.78, 5) is 42.9. The Morgan fingerprint density at radius 2 is 0.806 bits per heavy atom. The second-order valence-corrected chi connectivity index (χ2v) is 18.2. The number of nitrogens with one attached hydrogen (secondary N) is 2. The molecule has 6 aromatic carbocycles. The van der Waals surface area contributed by atoms with E-state index < -0.39 is 46.3 Å². The minimum absolute atomic E-state index is 0.138. The molecule has 2 aliphatic carbocycles. The molecule has 0 spiro atoms. The molecule has 314 valence electrons. The summed E-state index contributed by atoms with van der Waals surface area (Å²) < 4.78 is 12.1. The summed E-state index contributed by atoms with van der Waals surface area (Å²) in [5.41, 5.74) is 6.74. The van der Waals surface area contributed by atoms with E-state index in [-0.39, 0.29) is 18.6 Å². The summed E-state index contributed by atoms with van der Waals surface area (Å²) in [5, 5.41) is 7.53. The van der Waals surface area contributed by atoms with Gasteiger partial charge in [-0.15, -0.1) is 0 Å². The first-order valence-corrected chi connectivity index (χ1v) is 21.4. The molecule has 0 saturated carbocycles. The second kappa shape index (κ2) is 16.8. The molecular weight excluding hydrogens is 769 g/mol. The molecule has 0 aromatic heterocycles. The zero-order valence-electron chi connectivity index (χ0n) is 36.3. The Bertz CT molecular complexity index is 2550. The van der Waals surface area contributed by atoms with Crippen molar-refractivity contribution in [2.24, 2.45) is 0 Å². The smallest absolute Gasteiger partial charge is 0.324 e. The van der Waals surface area contributed by atoms with E-state index in [4.69, 9.17) is 9.47 Å². The monoisotopic (exact) mass is 822 g/mol. The predicted octanol–water partition coefficient (Wildman–Crippen LogP) is 10.4. The molecule has 0 heterocycles. The molecule has 62 heavy (non-hydrogen) atoms. The van der Waals surface area contributed by atoms with Crippen molar-refractivity contribution in [2.75, 3.05) is 0 Å². The Hall–Kier alpha value is -6.41. The molecule has 0 radical (unpaired) electrons. The minimum Gasteiger partial charge on any atom is -0.459 e. The number of rotatable bonds is 13. The summed E-state index contributed by atoms with van der Waals surface area (Å²) in [5.74, 6) is -1.27. The van der Waals surface area contributed by atoms with Crippen LogP contribution in [0.15, 0.2) is 170 Å². The van der Waals surface area contributed by atoms with Crippen LogP contribution in [-0.2, 0) is 34.9 Å². The third-order valence-electron chi connectivity index (χ3n) is 11.6. The van der Waals surface area contributed by atoms with Crippen molar-refractivity contribution in [3.05, 3.63) is 203 Å². The van der Waals surface area contributed by atoms with E-state index in [2.05, 4.69) is 71.3 Å². The van der Waals surface area contributed by atoms with Crippen LogP contribution >= 0.6 is 0 Å². The zero-order valence-corrected chi connectivity index (χ0v) is 36.3. The Labute approximate surface area is 365 Å². The van der Waals surface area contributed by atoms with E-state index in [9.17, 15) is 14.4 Å². The van der Waals surface area contributed by atoms with Crippen LogP contribution in [0.1, 0.15) is 87.8 Å². The van der Waals surface area contributed by atoms with Gasteiger partial charge in [-0.1, -0.05) is 164 Å². The maximum atomic E-state index is 14.3. The molecular formula is C55H54N2O5. The topological polar surface area (TPSA) is 93.7 Å². The molecule has 0 unspecified atom stereocenters. The van der Waals surface area contributed by atoms with Crippen LogP contribution in [0.2, 0.25) is 0 Å². The summed E-state index contributed by atoms with van der Waals surface area (Å²) in [6.45, 7) is 11.0. The Morgan fingerprint density at radius 1 is 0.484 bits per heavy atom. The number of carbonyl (C=O) groups excluding carboxylic acids is 3. The summed E-state index contributed by atoms with van der Waals surface area (Å²) in [6.07, 6.45) is 3.15. The van der Waals surface area contributed by atoms with Crippen molar-refractivity contribution in [2.45, 2.75) is 88.7 Å². The summed E-state index contributed by atoms with van der Waals surface area (Å²) >= 11 is 0. The second-order valence-electron chi connectivity index (χ2n) is 18.2. The third-order valence-corrected chi connectivity index (χ3v) is 11.6. The SMILES string of the molecule is CC(C)(C)OC(=O)[C@H](C/C=C/C(=O)C[C@H](NC1(c2ccccc2)c2ccccc2-c2ccccc21)C(=O)OC(C)(C)C)NC1(c2ccccc2)c2ccccc2-c2ccccc21. The van der Waals surface area contributed by atoms with E-state index in [0.29, 0.717) is 0 Å². The van der Waals surface area contributed by atoms with Gasteiger partial charge in [0.1, 0.15) is 23.3 Å². The number of hydrogen-bond donors (Lipinski definition) is 2. The third kappa shape index (κ3) is 8.06. The number of benzene rings is 6. The zero-order chi connectivity index (χ0) is 43.7. The maximum Gasteiger partial charge on any atom is 0.324 e. The van der Waals surface area contributed by atoms with E-state index in [1.54, 1.807) is 6.08 Å². The molecule has 7 heteroatoms. The fourth-order valence-corrected chi connectivity index (χ4v) is 9.23. The first-order valence-electron chi connectivity index (χ1n) is 21.4. The number of hydrogen-bond acceptors (Lipinski definition) is 7. The van der Waals surface area contributed by atoms with Crippen LogP contribution in [0.4, 0.5) is 0 Å². The number of allylic oxidation sites excluding steroid dienone is 1. The number of ether oxygens (including phenoxy) is 2. The van der Waals surface area contributed by atoms with Gasteiger partial charge in [0, 0.05) is 6.42 Å². The first kappa shape index (κ1) is 42.3. The van der Waals surface area contributed by atoms with Gasteiger partial charge in [-0.3, -0.25) is 25.0 Å². The lowest BCUT2D eigenvalue weighted by Gasteiger charge is -2.38. The molecule has 0 aliphatic heterocycles. The van der Waals surface area contributed by atoms with E-state index in [1.807, 2.05) is 139 Å². The van der Waals surface area contributed by atoms with Crippen molar-refractivity contribution in [3.63, 3.8) is 0 Å². The molecule has 2 atom stereocenters. The highest BCUT2D eigenvalue weighted by Crippen LogP contribution is 2.52. The highest BCUT2D eigenvalue weighted by atomic mass is 16.6. The van der Waals surface area contributed by atoms with Gasteiger partial charge in [0.15, 0.2) is 5.78 Å². The van der Waals surface area contributed by atoms with Crippen LogP contribution in [0.25, 0.3) is 22.3 Å². The highest BCUT2D eigenvalue weighted by molar-refractivity contribution is 5.94. The van der Waals surface area contributed by atoms with Gasteiger partial charge < -0.3 is 9.47 Å². The van der Waals surface area contributed by atoms with Crippen molar-refractivity contribution in [3.8, 4) is 22.3 Å². The fourth-order valence-electron chi connectivity index (χ4n) is 9.23. The molecule has 8 rings (SSSR count). The molecule has 2 N–H and O–H groups in total. The molecule has 7 nitrogen and oxygen atoms in total. The number of fused-ring (bicyclic) bond motifs is 6. The molecule has 2 aliphatic rings. The van der Waals surface area contributed by atoms with Gasteiger partial charge >= 0.3 is 11.9 Å². The van der Waals surface area contributed by atoms with Gasteiger partial charge in [-0.05, 0) is 110 Å².